The third kappa shape index (κ3) is 3.53. The monoisotopic (exact) mass is 430 g/mol. The lowest BCUT2D eigenvalue weighted by atomic mass is 9.77. The number of benzene rings is 3. The van der Waals surface area contributed by atoms with Crippen molar-refractivity contribution in [2.45, 2.75) is 37.1 Å². The van der Waals surface area contributed by atoms with E-state index in [2.05, 4.69) is 46.5 Å². The lowest BCUT2D eigenvalue weighted by Crippen LogP contribution is -2.29. The van der Waals surface area contributed by atoms with Gasteiger partial charge in [0.05, 0.1) is 16.6 Å². The van der Waals surface area contributed by atoms with Crippen LogP contribution in [0.25, 0.3) is 0 Å². The number of hydrogen-bond acceptors (Lipinski definition) is 3. The molecule has 3 aromatic rings. The van der Waals surface area contributed by atoms with Crippen LogP contribution in [0, 0.1) is 19.8 Å². The van der Waals surface area contributed by atoms with Gasteiger partial charge in [-0.2, -0.15) is 0 Å². The molecule has 4 nitrogen and oxygen atoms in total. The molecule has 3 atom stereocenters. The SMILES string of the molecule is Cc1cccc(C)c1NS(=O)(=O)c1ccc2c(c1)C1C=CCC1C(c1ccccc1)N2. The predicted octanol–water partition coefficient (Wildman–Crippen LogP) is 5.93. The first-order chi connectivity index (χ1) is 14.9. The average molecular weight is 431 g/mol. The molecule has 2 N–H and O–H groups in total. The minimum atomic E-state index is -3.69. The van der Waals surface area contributed by atoms with Gasteiger partial charge in [0.25, 0.3) is 10.0 Å². The third-order valence-electron chi connectivity index (χ3n) is 6.52. The molecule has 0 aromatic heterocycles. The number of rotatable bonds is 4. The van der Waals surface area contributed by atoms with Crippen LogP contribution in [-0.2, 0) is 10.0 Å². The molecule has 1 aliphatic carbocycles. The fraction of sp³-hybridized carbons (Fsp3) is 0.231. The van der Waals surface area contributed by atoms with E-state index in [9.17, 15) is 8.42 Å². The Labute approximate surface area is 184 Å². The zero-order valence-electron chi connectivity index (χ0n) is 17.7. The second kappa shape index (κ2) is 7.57. The highest BCUT2D eigenvalue weighted by Crippen LogP contribution is 2.50. The lowest BCUT2D eigenvalue weighted by molar-refractivity contribution is 0.425. The van der Waals surface area contributed by atoms with E-state index in [1.807, 2.05) is 50.2 Å². The van der Waals surface area contributed by atoms with Crippen LogP contribution in [0.1, 0.15) is 40.6 Å². The number of sulfonamides is 1. The molecule has 0 bridgehead atoms. The molecule has 0 amide bonds. The van der Waals surface area contributed by atoms with Crippen molar-refractivity contribution in [2.24, 2.45) is 5.92 Å². The van der Waals surface area contributed by atoms with E-state index >= 15 is 0 Å². The Morgan fingerprint density at radius 3 is 2.42 bits per heavy atom. The fourth-order valence-corrected chi connectivity index (χ4v) is 6.14. The van der Waals surface area contributed by atoms with Crippen molar-refractivity contribution in [2.75, 3.05) is 10.0 Å². The Hall–Kier alpha value is -3.05. The van der Waals surface area contributed by atoms with E-state index in [0.717, 1.165) is 28.8 Å². The Bertz CT molecular complexity index is 1250. The van der Waals surface area contributed by atoms with Gasteiger partial charge < -0.3 is 5.32 Å². The van der Waals surface area contributed by atoms with Gasteiger partial charge in [-0.05, 0) is 66.6 Å². The summed E-state index contributed by atoms with van der Waals surface area (Å²) in [5, 5.41) is 3.68. The highest BCUT2D eigenvalue weighted by molar-refractivity contribution is 7.92. The second-order valence-corrected chi connectivity index (χ2v) is 10.2. The molecule has 3 aromatic carbocycles. The van der Waals surface area contributed by atoms with E-state index in [1.54, 1.807) is 6.07 Å². The summed E-state index contributed by atoms with van der Waals surface area (Å²) in [6, 6.07) is 21.9. The smallest absolute Gasteiger partial charge is 0.261 e. The van der Waals surface area contributed by atoms with Crippen molar-refractivity contribution >= 4 is 21.4 Å². The summed E-state index contributed by atoms with van der Waals surface area (Å²) in [6.45, 7) is 3.83. The number of fused-ring (bicyclic) bond motifs is 3. The molecule has 3 unspecified atom stereocenters. The number of allylic oxidation sites excluding steroid dienone is 2. The van der Waals surface area contributed by atoms with Crippen LogP contribution >= 0.6 is 0 Å². The number of nitrogens with one attached hydrogen (secondary N) is 2. The molecule has 0 fully saturated rings. The molecular formula is C26H26N2O2S. The van der Waals surface area contributed by atoms with Crippen molar-refractivity contribution in [3.8, 4) is 0 Å². The molecule has 5 rings (SSSR count). The Morgan fingerprint density at radius 2 is 1.68 bits per heavy atom. The Kier molecular flexibility index (Phi) is 4.86. The van der Waals surface area contributed by atoms with Gasteiger partial charge in [0.1, 0.15) is 0 Å². The van der Waals surface area contributed by atoms with Gasteiger partial charge in [0, 0.05) is 11.6 Å². The van der Waals surface area contributed by atoms with Crippen molar-refractivity contribution in [1.82, 2.24) is 0 Å². The van der Waals surface area contributed by atoms with Crippen LogP contribution in [-0.4, -0.2) is 8.42 Å². The number of para-hydroxylation sites is 1. The zero-order valence-corrected chi connectivity index (χ0v) is 18.5. The maximum absolute atomic E-state index is 13.2. The van der Waals surface area contributed by atoms with E-state index in [4.69, 9.17) is 0 Å². The maximum Gasteiger partial charge on any atom is 0.261 e. The molecule has 0 saturated carbocycles. The molecule has 5 heteroatoms. The van der Waals surface area contributed by atoms with Gasteiger partial charge in [-0.25, -0.2) is 8.42 Å². The van der Waals surface area contributed by atoms with Gasteiger partial charge in [0.2, 0.25) is 0 Å². The van der Waals surface area contributed by atoms with Crippen molar-refractivity contribution in [3.05, 3.63) is 101 Å². The first kappa shape index (κ1) is 19.9. The van der Waals surface area contributed by atoms with Crippen LogP contribution in [0.5, 0.6) is 0 Å². The highest BCUT2D eigenvalue weighted by atomic mass is 32.2. The van der Waals surface area contributed by atoms with Gasteiger partial charge in [-0.3, -0.25) is 4.72 Å². The van der Waals surface area contributed by atoms with Gasteiger partial charge in [0.15, 0.2) is 0 Å². The normalized spacial score (nSPS) is 21.8. The lowest BCUT2D eigenvalue weighted by Gasteiger charge is -2.37. The summed E-state index contributed by atoms with van der Waals surface area (Å²) in [6.07, 6.45) is 5.43. The number of anilines is 2. The molecule has 1 heterocycles. The van der Waals surface area contributed by atoms with Crippen molar-refractivity contribution in [1.29, 1.82) is 0 Å². The molecular weight excluding hydrogens is 404 g/mol. The fourth-order valence-electron chi connectivity index (χ4n) is 4.90. The van der Waals surface area contributed by atoms with Crippen LogP contribution in [0.4, 0.5) is 11.4 Å². The van der Waals surface area contributed by atoms with Gasteiger partial charge in [-0.1, -0.05) is 60.7 Å². The van der Waals surface area contributed by atoms with Crippen LogP contribution in [0.3, 0.4) is 0 Å². The van der Waals surface area contributed by atoms with E-state index in [-0.39, 0.29) is 12.0 Å². The first-order valence-electron chi connectivity index (χ1n) is 10.7. The molecule has 0 saturated heterocycles. The van der Waals surface area contributed by atoms with Gasteiger partial charge in [-0.15, -0.1) is 0 Å². The summed E-state index contributed by atoms with van der Waals surface area (Å²) < 4.78 is 29.2. The maximum atomic E-state index is 13.2. The van der Waals surface area contributed by atoms with Gasteiger partial charge >= 0.3 is 0 Å². The molecule has 0 radical (unpaired) electrons. The largest absolute Gasteiger partial charge is 0.378 e. The topological polar surface area (TPSA) is 58.2 Å². The van der Waals surface area contributed by atoms with Crippen molar-refractivity contribution in [3.63, 3.8) is 0 Å². The highest BCUT2D eigenvalue weighted by Gasteiger charge is 2.38. The molecule has 2 aliphatic rings. The summed E-state index contributed by atoms with van der Waals surface area (Å²) in [5.74, 6) is 0.580. The molecule has 0 spiro atoms. The van der Waals surface area contributed by atoms with E-state index in [0.29, 0.717) is 16.5 Å². The van der Waals surface area contributed by atoms with Crippen molar-refractivity contribution < 1.29 is 8.42 Å². The van der Waals surface area contributed by atoms with Crippen LogP contribution in [0.15, 0.2) is 83.8 Å². The minimum absolute atomic E-state index is 0.205. The molecule has 1 aliphatic heterocycles. The molecule has 158 valence electrons. The predicted molar refractivity (Wildman–Crippen MR) is 126 cm³/mol. The first-order valence-corrected chi connectivity index (χ1v) is 12.1. The Morgan fingerprint density at radius 1 is 0.935 bits per heavy atom. The number of aryl methyl sites for hydroxylation is 2. The quantitative estimate of drug-likeness (QED) is 0.504. The number of hydrogen-bond donors (Lipinski definition) is 2. The summed E-state index contributed by atoms with van der Waals surface area (Å²) in [5.41, 5.74) is 5.80. The summed E-state index contributed by atoms with van der Waals surface area (Å²) in [7, 11) is -3.69. The standard InChI is InChI=1S/C26H26N2O2S/c1-17-8-6-9-18(2)25(17)28-31(29,30)20-14-15-24-23(16-20)21-12-7-13-22(21)26(27-24)19-10-4-3-5-11-19/h3-12,14-16,21-22,26-28H,13H2,1-2H3. The Balaban J connectivity index is 1.51. The third-order valence-corrected chi connectivity index (χ3v) is 7.87. The van der Waals surface area contributed by atoms with E-state index in [1.165, 1.54) is 5.56 Å². The minimum Gasteiger partial charge on any atom is -0.378 e. The summed E-state index contributed by atoms with van der Waals surface area (Å²) >= 11 is 0. The summed E-state index contributed by atoms with van der Waals surface area (Å²) in [4.78, 5) is 0.299. The van der Waals surface area contributed by atoms with E-state index < -0.39 is 10.0 Å². The van der Waals surface area contributed by atoms with Crippen LogP contribution < -0.4 is 10.0 Å². The second-order valence-electron chi connectivity index (χ2n) is 8.51. The average Bonchev–Trinajstić information content (AvgIpc) is 3.26. The van der Waals surface area contributed by atoms with Crippen LogP contribution in [0.2, 0.25) is 0 Å². The molecule has 31 heavy (non-hydrogen) atoms. The zero-order chi connectivity index (χ0) is 21.6.